The molecule has 1 unspecified atom stereocenters. The van der Waals surface area contributed by atoms with Crippen molar-refractivity contribution in [3.63, 3.8) is 0 Å². The third-order valence-electron chi connectivity index (χ3n) is 2.77. The van der Waals surface area contributed by atoms with Gasteiger partial charge in [-0.3, -0.25) is 4.79 Å². The quantitative estimate of drug-likeness (QED) is 0.695. The Morgan fingerprint density at radius 2 is 1.81 bits per heavy atom. The molecule has 1 aromatic rings. The number of benzene rings is 1. The van der Waals surface area contributed by atoms with Gasteiger partial charge in [-0.05, 0) is 26.3 Å². The molecular weight excluding hydrogens is 196 g/mol. The minimum atomic E-state index is -0.00352. The van der Waals surface area contributed by atoms with Crippen molar-refractivity contribution in [2.45, 2.75) is 40.0 Å². The molecule has 0 spiro atoms. The monoisotopic (exact) mass is 216 g/mol. The van der Waals surface area contributed by atoms with Crippen LogP contribution in [0.4, 0.5) is 0 Å². The molecule has 16 heavy (non-hydrogen) atoms. The Bertz CT molecular complexity index is 380. The van der Waals surface area contributed by atoms with E-state index < -0.39 is 0 Å². The number of Topliss-reactive ketones (excluding diaryl/α,β-unsaturated/α-hetero) is 1. The molecule has 0 heterocycles. The van der Waals surface area contributed by atoms with E-state index in [1.807, 2.05) is 39.0 Å². The molecule has 1 rings (SSSR count). The van der Waals surface area contributed by atoms with Crippen molar-refractivity contribution in [3.8, 4) is 0 Å². The number of carbonyl (C=O) groups excluding carboxylic acids is 1. The Hall–Kier alpha value is -1.37. The van der Waals surface area contributed by atoms with Crippen molar-refractivity contribution in [1.82, 2.24) is 0 Å². The van der Waals surface area contributed by atoms with Gasteiger partial charge in [0.1, 0.15) is 5.78 Å². The predicted octanol–water partition coefficient (Wildman–Crippen LogP) is 4.02. The summed E-state index contributed by atoms with van der Waals surface area (Å²) < 4.78 is 0. The van der Waals surface area contributed by atoms with Gasteiger partial charge in [-0.15, -0.1) is 0 Å². The van der Waals surface area contributed by atoms with Crippen LogP contribution in [0.1, 0.15) is 44.2 Å². The minimum Gasteiger partial charge on any atom is -0.299 e. The van der Waals surface area contributed by atoms with Crippen LogP contribution in [0.3, 0.4) is 0 Å². The summed E-state index contributed by atoms with van der Waals surface area (Å²) in [6.07, 6.45) is 2.53. The van der Waals surface area contributed by atoms with E-state index >= 15 is 0 Å². The van der Waals surface area contributed by atoms with E-state index in [2.05, 4.69) is 19.1 Å². The van der Waals surface area contributed by atoms with Gasteiger partial charge in [0.25, 0.3) is 0 Å². The number of ketones is 1. The van der Waals surface area contributed by atoms with E-state index in [0.29, 0.717) is 6.42 Å². The normalized spacial score (nSPS) is 12.0. The van der Waals surface area contributed by atoms with E-state index in [9.17, 15) is 4.79 Å². The average Bonchev–Trinajstić information content (AvgIpc) is 2.26. The molecule has 1 nitrogen and oxygen atoms in total. The van der Waals surface area contributed by atoms with Gasteiger partial charge in [-0.2, -0.15) is 0 Å². The number of allylic oxidation sites excluding steroid dienone is 2. The molecule has 0 saturated heterocycles. The first-order chi connectivity index (χ1) is 7.50. The lowest BCUT2D eigenvalue weighted by atomic mass is 9.94. The predicted molar refractivity (Wildman–Crippen MR) is 68.6 cm³/mol. The van der Waals surface area contributed by atoms with Gasteiger partial charge in [-0.25, -0.2) is 0 Å². The molecule has 0 amide bonds. The Morgan fingerprint density at radius 1 is 1.25 bits per heavy atom. The largest absolute Gasteiger partial charge is 0.299 e. The summed E-state index contributed by atoms with van der Waals surface area (Å²) in [6.45, 7) is 8.07. The first-order valence-corrected chi connectivity index (χ1v) is 5.73. The summed E-state index contributed by atoms with van der Waals surface area (Å²) in [7, 11) is 0. The smallest absolute Gasteiger partial charge is 0.143 e. The molecule has 1 atom stereocenters. The first kappa shape index (κ1) is 12.7. The number of aryl methyl sites for hydroxylation is 1. The molecule has 0 radical (unpaired) electrons. The zero-order chi connectivity index (χ0) is 12.1. The van der Waals surface area contributed by atoms with Crippen LogP contribution in [0.15, 0.2) is 35.9 Å². The zero-order valence-electron chi connectivity index (χ0n) is 10.6. The molecule has 0 aliphatic heterocycles. The fourth-order valence-corrected chi connectivity index (χ4v) is 1.52. The Morgan fingerprint density at radius 3 is 2.31 bits per heavy atom. The van der Waals surface area contributed by atoms with Gasteiger partial charge >= 0.3 is 0 Å². The number of carbonyl (C=O) groups is 1. The second-order valence-electron chi connectivity index (χ2n) is 4.58. The standard InChI is InChI=1S/C15H20O/c1-11(2)5-10-15(16)13(4)14-8-6-12(3)7-9-14/h5-9,13H,10H2,1-4H3. The second-order valence-corrected chi connectivity index (χ2v) is 4.58. The number of rotatable bonds is 4. The van der Waals surface area contributed by atoms with Crippen LogP contribution in [0.5, 0.6) is 0 Å². The summed E-state index contributed by atoms with van der Waals surface area (Å²) in [5.41, 5.74) is 3.54. The lowest BCUT2D eigenvalue weighted by molar-refractivity contribution is -0.119. The van der Waals surface area contributed by atoms with Crippen LogP contribution in [-0.2, 0) is 4.79 Å². The van der Waals surface area contributed by atoms with Crippen LogP contribution in [-0.4, -0.2) is 5.78 Å². The average molecular weight is 216 g/mol. The number of hydrogen-bond donors (Lipinski definition) is 0. The molecule has 0 aliphatic carbocycles. The number of hydrogen-bond acceptors (Lipinski definition) is 1. The Balaban J connectivity index is 2.70. The summed E-state index contributed by atoms with van der Waals surface area (Å²) in [6, 6.07) is 8.20. The highest BCUT2D eigenvalue weighted by Crippen LogP contribution is 2.18. The van der Waals surface area contributed by atoms with Crippen molar-refractivity contribution in [2.24, 2.45) is 0 Å². The van der Waals surface area contributed by atoms with E-state index in [1.165, 1.54) is 11.1 Å². The topological polar surface area (TPSA) is 17.1 Å². The third kappa shape index (κ3) is 3.65. The summed E-state index contributed by atoms with van der Waals surface area (Å²) in [5, 5.41) is 0. The van der Waals surface area contributed by atoms with Crippen LogP contribution in [0.2, 0.25) is 0 Å². The third-order valence-corrected chi connectivity index (χ3v) is 2.77. The minimum absolute atomic E-state index is 0.00352. The first-order valence-electron chi connectivity index (χ1n) is 5.73. The highest BCUT2D eigenvalue weighted by molar-refractivity contribution is 5.86. The maximum absolute atomic E-state index is 11.9. The molecule has 0 aromatic heterocycles. The molecule has 86 valence electrons. The van der Waals surface area contributed by atoms with Gasteiger partial charge in [0, 0.05) is 12.3 Å². The van der Waals surface area contributed by atoms with Crippen LogP contribution in [0.25, 0.3) is 0 Å². The molecular formula is C15H20O. The maximum atomic E-state index is 11.9. The van der Waals surface area contributed by atoms with Crippen molar-refractivity contribution < 1.29 is 4.79 Å². The zero-order valence-corrected chi connectivity index (χ0v) is 10.6. The van der Waals surface area contributed by atoms with Crippen molar-refractivity contribution in [3.05, 3.63) is 47.0 Å². The van der Waals surface area contributed by atoms with Gasteiger partial charge in [0.15, 0.2) is 0 Å². The van der Waals surface area contributed by atoms with E-state index in [-0.39, 0.29) is 11.7 Å². The lowest BCUT2D eigenvalue weighted by Gasteiger charge is -2.09. The van der Waals surface area contributed by atoms with Crippen molar-refractivity contribution in [1.29, 1.82) is 0 Å². The van der Waals surface area contributed by atoms with Gasteiger partial charge < -0.3 is 0 Å². The SMILES string of the molecule is CC(C)=CCC(=O)C(C)c1ccc(C)cc1. The van der Waals surface area contributed by atoms with Gasteiger partial charge in [0.05, 0.1) is 0 Å². The van der Waals surface area contributed by atoms with Gasteiger partial charge in [-0.1, -0.05) is 48.4 Å². The molecule has 0 N–H and O–H groups in total. The fourth-order valence-electron chi connectivity index (χ4n) is 1.52. The van der Waals surface area contributed by atoms with Crippen molar-refractivity contribution >= 4 is 5.78 Å². The summed E-state index contributed by atoms with van der Waals surface area (Å²) in [4.78, 5) is 11.9. The Kier molecular flexibility index (Phi) is 4.48. The Labute approximate surface area is 98.2 Å². The molecule has 0 aliphatic rings. The molecule has 1 aromatic carbocycles. The van der Waals surface area contributed by atoms with Crippen LogP contribution >= 0.6 is 0 Å². The van der Waals surface area contributed by atoms with Crippen LogP contribution in [0, 0.1) is 6.92 Å². The van der Waals surface area contributed by atoms with E-state index in [0.717, 1.165) is 5.56 Å². The molecule has 0 bridgehead atoms. The van der Waals surface area contributed by atoms with Gasteiger partial charge in [0.2, 0.25) is 0 Å². The van der Waals surface area contributed by atoms with Crippen LogP contribution < -0.4 is 0 Å². The highest BCUT2D eigenvalue weighted by Gasteiger charge is 2.13. The summed E-state index contributed by atoms with van der Waals surface area (Å²) >= 11 is 0. The maximum Gasteiger partial charge on any atom is 0.143 e. The highest BCUT2D eigenvalue weighted by atomic mass is 16.1. The molecule has 1 heteroatoms. The molecule has 0 fully saturated rings. The lowest BCUT2D eigenvalue weighted by Crippen LogP contribution is -2.07. The van der Waals surface area contributed by atoms with E-state index in [4.69, 9.17) is 0 Å². The second kappa shape index (κ2) is 5.64. The van der Waals surface area contributed by atoms with E-state index in [1.54, 1.807) is 0 Å². The fraction of sp³-hybridized carbons (Fsp3) is 0.400. The molecule has 0 saturated carbocycles. The van der Waals surface area contributed by atoms with Crippen molar-refractivity contribution in [2.75, 3.05) is 0 Å². The summed E-state index contributed by atoms with van der Waals surface area (Å²) in [5.74, 6) is 0.279.